The normalized spacial score (nSPS) is 11.1. The van der Waals surface area contributed by atoms with Gasteiger partial charge in [0.15, 0.2) is 0 Å². The first-order valence-electron chi connectivity index (χ1n) is 14.0. The molecule has 0 fully saturated rings. The lowest BCUT2D eigenvalue weighted by Gasteiger charge is -2.28. The minimum absolute atomic E-state index is 0.999. The third kappa shape index (κ3) is 8.55. The van der Waals surface area contributed by atoms with E-state index in [1.807, 2.05) is 0 Å². The summed E-state index contributed by atoms with van der Waals surface area (Å²) in [4.78, 5) is 0. The number of unbranched alkanes of at least 4 members (excludes halogenated alkanes) is 12. The molecule has 3 aromatic rings. The van der Waals surface area contributed by atoms with Crippen LogP contribution in [0, 0.1) is 11.5 Å². The number of rotatable bonds is 15. The average molecular weight is 481 g/mol. The van der Waals surface area contributed by atoms with E-state index < -0.39 is 8.07 Å². The summed E-state index contributed by atoms with van der Waals surface area (Å²) < 4.78 is 0. The molecule has 0 aliphatic carbocycles. The van der Waals surface area contributed by atoms with Crippen molar-refractivity contribution in [3.05, 3.63) is 91.0 Å². The molecule has 3 rings (SSSR count). The summed E-state index contributed by atoms with van der Waals surface area (Å²) >= 11 is 0. The van der Waals surface area contributed by atoms with Crippen LogP contribution >= 0.6 is 0 Å². The zero-order valence-electron chi connectivity index (χ0n) is 21.9. The summed E-state index contributed by atoms with van der Waals surface area (Å²) in [5.74, 6) is 3.67. The van der Waals surface area contributed by atoms with Gasteiger partial charge in [0.2, 0.25) is 8.07 Å². The molecule has 3 aromatic carbocycles. The molecule has 0 N–H and O–H groups in total. The lowest BCUT2D eigenvalue weighted by Crippen LogP contribution is -2.66. The Balaban J connectivity index is 1.57. The van der Waals surface area contributed by atoms with Crippen molar-refractivity contribution in [3.63, 3.8) is 0 Å². The molecule has 0 aliphatic rings. The Kier molecular flexibility index (Phi) is 12.5. The highest BCUT2D eigenvalue weighted by Crippen LogP contribution is 2.13. The molecule has 35 heavy (non-hydrogen) atoms. The first-order valence-corrected chi connectivity index (χ1v) is 16.0. The van der Waals surface area contributed by atoms with Crippen LogP contribution in [-0.2, 0) is 0 Å². The highest BCUT2D eigenvalue weighted by Gasteiger charge is 2.38. The maximum absolute atomic E-state index is 3.91. The first-order chi connectivity index (χ1) is 17.4. The van der Waals surface area contributed by atoms with E-state index in [0.29, 0.717) is 0 Å². The number of hydrogen-bond acceptors (Lipinski definition) is 0. The third-order valence-electron chi connectivity index (χ3n) is 7.05. The molecule has 0 atom stereocenters. The van der Waals surface area contributed by atoms with E-state index in [-0.39, 0.29) is 0 Å². The SMILES string of the molecule is CCCCCCCCCCCCCCC#C[Si](c1ccccc1)(c1ccccc1)c1ccccc1. The van der Waals surface area contributed by atoms with Gasteiger partial charge in [0.25, 0.3) is 0 Å². The van der Waals surface area contributed by atoms with E-state index in [2.05, 4.69) is 109 Å². The highest BCUT2D eigenvalue weighted by molar-refractivity contribution is 7.16. The molecule has 1 heteroatoms. The van der Waals surface area contributed by atoms with Crippen molar-refractivity contribution in [2.45, 2.75) is 90.4 Å². The zero-order chi connectivity index (χ0) is 24.4. The summed E-state index contributed by atoms with van der Waals surface area (Å²) in [6, 6.07) is 33.0. The molecule has 0 saturated heterocycles. The van der Waals surface area contributed by atoms with Gasteiger partial charge in [0, 0.05) is 6.42 Å². The molecule has 0 nitrogen and oxygen atoms in total. The number of hydrogen-bond donors (Lipinski definition) is 0. The molecule has 0 amide bonds. The van der Waals surface area contributed by atoms with Gasteiger partial charge >= 0.3 is 0 Å². The first kappa shape index (κ1) is 27.0. The van der Waals surface area contributed by atoms with Gasteiger partial charge in [-0.05, 0) is 22.0 Å². The second-order valence-electron chi connectivity index (χ2n) is 9.79. The Morgan fingerprint density at radius 2 is 0.800 bits per heavy atom. The fraction of sp³-hybridized carbons (Fsp3) is 0.412. The van der Waals surface area contributed by atoms with Crippen LogP contribution in [0.2, 0.25) is 0 Å². The molecule has 0 aliphatic heterocycles. The minimum Gasteiger partial charge on any atom is -0.114 e. The van der Waals surface area contributed by atoms with E-state index in [9.17, 15) is 0 Å². The van der Waals surface area contributed by atoms with E-state index in [0.717, 1.165) is 6.42 Å². The van der Waals surface area contributed by atoms with Gasteiger partial charge in [-0.1, -0.05) is 169 Å². The third-order valence-corrected chi connectivity index (χ3v) is 11.2. The lowest BCUT2D eigenvalue weighted by atomic mass is 10.0. The molecule has 0 unspecified atom stereocenters. The molecule has 0 aromatic heterocycles. The van der Waals surface area contributed by atoms with Crippen molar-refractivity contribution < 1.29 is 0 Å². The molecular formula is C34H44Si. The molecule has 0 spiro atoms. The fourth-order valence-electron chi connectivity index (χ4n) is 5.03. The summed E-state index contributed by atoms with van der Waals surface area (Å²) in [6.45, 7) is 2.29. The minimum atomic E-state index is -2.39. The molecule has 0 saturated carbocycles. The van der Waals surface area contributed by atoms with Gasteiger partial charge < -0.3 is 0 Å². The predicted octanol–water partition coefficient (Wildman–Crippen LogP) is 7.79. The van der Waals surface area contributed by atoms with Crippen molar-refractivity contribution in [1.29, 1.82) is 0 Å². The zero-order valence-corrected chi connectivity index (χ0v) is 22.9. The lowest BCUT2D eigenvalue weighted by molar-refractivity contribution is 0.545. The standard InChI is InChI=1S/C34H44Si/c1-2-3-4-5-6-7-8-9-10-11-12-13-14-24-31-35(32-25-18-15-19-26-32,33-27-20-16-21-28-33)34-29-22-17-23-30-34/h15-23,25-30H,2-14H2,1H3. The fourth-order valence-corrected chi connectivity index (χ4v) is 8.93. The van der Waals surface area contributed by atoms with E-state index >= 15 is 0 Å². The quantitative estimate of drug-likeness (QED) is 0.0901. The van der Waals surface area contributed by atoms with Crippen molar-refractivity contribution in [1.82, 2.24) is 0 Å². The van der Waals surface area contributed by atoms with E-state index in [1.165, 1.54) is 92.6 Å². The molecule has 0 radical (unpaired) electrons. The second kappa shape index (κ2) is 16.2. The van der Waals surface area contributed by atoms with Crippen LogP contribution in [0.25, 0.3) is 0 Å². The van der Waals surface area contributed by atoms with E-state index in [1.54, 1.807) is 0 Å². The van der Waals surface area contributed by atoms with Gasteiger partial charge in [-0.25, -0.2) is 0 Å². The van der Waals surface area contributed by atoms with Crippen LogP contribution in [0.4, 0.5) is 0 Å². The van der Waals surface area contributed by atoms with Gasteiger partial charge in [-0.2, -0.15) is 0 Å². The Hall–Kier alpha value is -2.56. The van der Waals surface area contributed by atoms with Gasteiger partial charge in [-0.3, -0.25) is 0 Å². The second-order valence-corrected chi connectivity index (χ2v) is 13.3. The maximum Gasteiger partial charge on any atom is 0.229 e. The Morgan fingerprint density at radius 3 is 1.17 bits per heavy atom. The Labute approximate surface area is 216 Å². The molecule has 0 heterocycles. The summed E-state index contributed by atoms with van der Waals surface area (Å²) in [5.41, 5.74) is 3.91. The van der Waals surface area contributed by atoms with Crippen molar-refractivity contribution >= 4 is 23.6 Å². The molecule has 0 bridgehead atoms. The average Bonchev–Trinajstić information content (AvgIpc) is 2.93. The smallest absolute Gasteiger partial charge is 0.114 e. The number of benzene rings is 3. The largest absolute Gasteiger partial charge is 0.229 e. The molecule has 184 valence electrons. The van der Waals surface area contributed by atoms with Gasteiger partial charge in [-0.15, -0.1) is 11.5 Å². The molecular weight excluding hydrogens is 436 g/mol. The summed E-state index contributed by atoms with van der Waals surface area (Å²) in [5, 5.41) is 4.12. The van der Waals surface area contributed by atoms with Crippen molar-refractivity contribution in [2.75, 3.05) is 0 Å². The van der Waals surface area contributed by atoms with Crippen molar-refractivity contribution in [3.8, 4) is 11.5 Å². The van der Waals surface area contributed by atoms with Crippen LogP contribution in [0.1, 0.15) is 90.4 Å². The summed E-state index contributed by atoms with van der Waals surface area (Å²) in [6.07, 6.45) is 17.6. The topological polar surface area (TPSA) is 0 Å². The Morgan fingerprint density at radius 1 is 0.457 bits per heavy atom. The van der Waals surface area contributed by atoms with Gasteiger partial charge in [0.1, 0.15) is 0 Å². The van der Waals surface area contributed by atoms with Crippen LogP contribution in [-0.4, -0.2) is 8.07 Å². The van der Waals surface area contributed by atoms with Crippen molar-refractivity contribution in [2.24, 2.45) is 0 Å². The predicted molar refractivity (Wildman–Crippen MR) is 157 cm³/mol. The maximum atomic E-state index is 3.91. The van der Waals surface area contributed by atoms with Crippen LogP contribution in [0.5, 0.6) is 0 Å². The van der Waals surface area contributed by atoms with Crippen LogP contribution in [0.3, 0.4) is 0 Å². The van der Waals surface area contributed by atoms with Crippen LogP contribution < -0.4 is 15.6 Å². The van der Waals surface area contributed by atoms with E-state index in [4.69, 9.17) is 0 Å². The Bertz CT molecular complexity index is 886. The van der Waals surface area contributed by atoms with Crippen LogP contribution in [0.15, 0.2) is 91.0 Å². The summed E-state index contributed by atoms with van der Waals surface area (Å²) in [7, 11) is -2.39. The van der Waals surface area contributed by atoms with Gasteiger partial charge in [0.05, 0.1) is 0 Å². The monoisotopic (exact) mass is 480 g/mol. The highest BCUT2D eigenvalue weighted by atomic mass is 28.3.